The molecule has 1 aliphatic rings. The number of amides is 2. The number of hydrogen-bond donors (Lipinski definition) is 1. The monoisotopic (exact) mass is 408 g/mol. The summed E-state index contributed by atoms with van der Waals surface area (Å²) in [6.07, 6.45) is 3.15. The van der Waals surface area contributed by atoms with Gasteiger partial charge in [-0.1, -0.05) is 35.9 Å². The van der Waals surface area contributed by atoms with E-state index in [1.54, 1.807) is 17.2 Å². The molecule has 1 unspecified atom stereocenters. The molecule has 1 fully saturated rings. The Morgan fingerprint density at radius 1 is 1.21 bits per heavy atom. The zero-order valence-corrected chi connectivity index (χ0v) is 16.8. The lowest BCUT2D eigenvalue weighted by Gasteiger charge is -2.32. The van der Waals surface area contributed by atoms with Gasteiger partial charge in [0.1, 0.15) is 11.0 Å². The number of aryl methyl sites for hydroxylation is 1. The lowest BCUT2D eigenvalue weighted by molar-refractivity contribution is -0.121. The minimum Gasteiger partial charge on any atom is -0.338 e. The number of halogens is 1. The molecule has 0 radical (unpaired) electrons. The minimum absolute atomic E-state index is 0.109. The van der Waals surface area contributed by atoms with Crippen LogP contribution < -0.4 is 5.32 Å². The van der Waals surface area contributed by atoms with Gasteiger partial charge in [-0.15, -0.1) is 0 Å². The highest BCUT2D eigenvalue weighted by Gasteiger charge is 2.30. The van der Waals surface area contributed by atoms with E-state index in [2.05, 4.69) is 15.3 Å². The first-order valence-corrected chi connectivity index (χ1v) is 9.98. The standard InChI is InChI=1S/C22H21ClN4O2/c1-14-6-4-10-24-20(14)26-21(28)15-7-5-11-27(13-15)22(29)17-12-19(23)25-18-9-3-2-8-16(17)18/h2-4,6,8-10,12,15H,5,7,11,13H2,1H3,(H,24,26,28). The smallest absolute Gasteiger partial charge is 0.254 e. The summed E-state index contributed by atoms with van der Waals surface area (Å²) in [5, 5.41) is 3.94. The van der Waals surface area contributed by atoms with Gasteiger partial charge in [0.05, 0.1) is 17.0 Å². The molecule has 1 aliphatic heterocycles. The molecule has 1 saturated heterocycles. The van der Waals surface area contributed by atoms with Crippen molar-refractivity contribution in [1.82, 2.24) is 14.9 Å². The highest BCUT2D eigenvalue weighted by atomic mass is 35.5. The number of nitrogens with one attached hydrogen (secondary N) is 1. The lowest BCUT2D eigenvalue weighted by Crippen LogP contribution is -2.44. The summed E-state index contributed by atoms with van der Waals surface area (Å²) >= 11 is 6.14. The predicted octanol–water partition coefficient (Wildman–Crippen LogP) is 4.08. The number of para-hydroxylation sites is 1. The predicted molar refractivity (Wildman–Crippen MR) is 113 cm³/mol. The summed E-state index contributed by atoms with van der Waals surface area (Å²) in [6.45, 7) is 2.88. The Labute approximate surface area is 173 Å². The molecule has 148 valence electrons. The molecule has 1 aromatic carbocycles. The van der Waals surface area contributed by atoms with Crippen molar-refractivity contribution in [3.05, 3.63) is 64.9 Å². The van der Waals surface area contributed by atoms with Crippen LogP contribution in [0.25, 0.3) is 10.9 Å². The Morgan fingerprint density at radius 3 is 2.86 bits per heavy atom. The number of nitrogens with zero attached hydrogens (tertiary/aromatic N) is 3. The van der Waals surface area contributed by atoms with Gasteiger partial charge in [-0.25, -0.2) is 9.97 Å². The average Bonchev–Trinajstić information content (AvgIpc) is 2.74. The second-order valence-corrected chi connectivity index (χ2v) is 7.65. The van der Waals surface area contributed by atoms with Gasteiger partial charge < -0.3 is 10.2 Å². The number of aromatic nitrogens is 2. The van der Waals surface area contributed by atoms with Crippen LogP contribution in [0.4, 0.5) is 5.82 Å². The molecule has 2 amide bonds. The average molecular weight is 409 g/mol. The van der Waals surface area contributed by atoms with Crippen LogP contribution in [0.5, 0.6) is 0 Å². The summed E-state index contributed by atoms with van der Waals surface area (Å²) in [7, 11) is 0. The molecule has 0 saturated carbocycles. The number of pyridine rings is 2. The van der Waals surface area contributed by atoms with E-state index in [1.807, 2.05) is 43.3 Å². The first-order chi connectivity index (χ1) is 14.0. The highest BCUT2D eigenvalue weighted by molar-refractivity contribution is 6.30. The fraction of sp³-hybridized carbons (Fsp3) is 0.273. The molecule has 0 spiro atoms. The molecule has 29 heavy (non-hydrogen) atoms. The van der Waals surface area contributed by atoms with Gasteiger partial charge in [0.25, 0.3) is 5.91 Å². The Balaban J connectivity index is 1.54. The van der Waals surface area contributed by atoms with Gasteiger partial charge in [0.15, 0.2) is 0 Å². The van der Waals surface area contributed by atoms with Crippen molar-refractivity contribution < 1.29 is 9.59 Å². The fourth-order valence-corrected chi connectivity index (χ4v) is 3.90. The van der Waals surface area contributed by atoms with Crippen molar-refractivity contribution in [1.29, 1.82) is 0 Å². The Bertz CT molecular complexity index is 1090. The maximum absolute atomic E-state index is 13.2. The number of hydrogen-bond acceptors (Lipinski definition) is 4. The highest BCUT2D eigenvalue weighted by Crippen LogP contribution is 2.25. The first kappa shape index (κ1) is 19.3. The summed E-state index contributed by atoms with van der Waals surface area (Å²) in [5.74, 6) is 0.0458. The zero-order chi connectivity index (χ0) is 20.4. The van der Waals surface area contributed by atoms with E-state index < -0.39 is 0 Å². The van der Waals surface area contributed by atoms with Crippen LogP contribution in [0.3, 0.4) is 0 Å². The van der Waals surface area contributed by atoms with Gasteiger partial charge in [-0.05, 0) is 43.5 Å². The number of fused-ring (bicyclic) bond motifs is 1. The van der Waals surface area contributed by atoms with Gasteiger partial charge in [0, 0.05) is 24.7 Å². The van der Waals surface area contributed by atoms with Crippen molar-refractivity contribution in [2.24, 2.45) is 5.92 Å². The number of carbonyl (C=O) groups is 2. The van der Waals surface area contributed by atoms with Gasteiger partial charge >= 0.3 is 0 Å². The third kappa shape index (κ3) is 4.07. The van der Waals surface area contributed by atoms with Crippen LogP contribution in [0.15, 0.2) is 48.7 Å². The third-order valence-corrected chi connectivity index (χ3v) is 5.44. The molecule has 6 nitrogen and oxygen atoms in total. The largest absolute Gasteiger partial charge is 0.338 e. The summed E-state index contributed by atoms with van der Waals surface area (Å²) in [5.41, 5.74) is 2.10. The maximum atomic E-state index is 13.2. The summed E-state index contributed by atoms with van der Waals surface area (Å²) < 4.78 is 0. The minimum atomic E-state index is -0.280. The molecule has 4 rings (SSSR count). The van der Waals surface area contributed by atoms with E-state index in [0.29, 0.717) is 30.0 Å². The number of piperidine rings is 1. The van der Waals surface area contributed by atoms with Crippen LogP contribution in [0, 0.1) is 12.8 Å². The molecule has 3 aromatic rings. The van der Waals surface area contributed by atoms with Crippen molar-refractivity contribution in [2.45, 2.75) is 19.8 Å². The molecule has 3 heterocycles. The number of carbonyl (C=O) groups excluding carboxylic acids is 2. The quantitative estimate of drug-likeness (QED) is 0.662. The normalized spacial score (nSPS) is 16.6. The van der Waals surface area contributed by atoms with Crippen LogP contribution in [-0.2, 0) is 4.79 Å². The third-order valence-electron chi connectivity index (χ3n) is 5.25. The first-order valence-electron chi connectivity index (χ1n) is 9.60. The molecule has 1 atom stereocenters. The van der Waals surface area contributed by atoms with Crippen molar-refractivity contribution in [2.75, 3.05) is 18.4 Å². The molecule has 2 aromatic heterocycles. The summed E-state index contributed by atoms with van der Waals surface area (Å²) in [4.78, 5) is 36.3. The maximum Gasteiger partial charge on any atom is 0.254 e. The lowest BCUT2D eigenvalue weighted by atomic mass is 9.96. The second-order valence-electron chi connectivity index (χ2n) is 7.26. The van der Waals surface area contributed by atoms with Gasteiger partial charge in [0.2, 0.25) is 5.91 Å². The zero-order valence-electron chi connectivity index (χ0n) is 16.1. The van der Waals surface area contributed by atoms with E-state index >= 15 is 0 Å². The fourth-order valence-electron chi connectivity index (χ4n) is 3.70. The molecular formula is C22H21ClN4O2. The number of anilines is 1. The van der Waals surface area contributed by atoms with E-state index in [1.165, 1.54) is 0 Å². The summed E-state index contributed by atoms with van der Waals surface area (Å²) in [6, 6.07) is 12.8. The Hall–Kier alpha value is -2.99. The van der Waals surface area contributed by atoms with Crippen LogP contribution in [0.1, 0.15) is 28.8 Å². The van der Waals surface area contributed by atoms with Gasteiger partial charge in [-0.2, -0.15) is 0 Å². The number of benzene rings is 1. The van der Waals surface area contributed by atoms with E-state index in [9.17, 15) is 9.59 Å². The number of likely N-dealkylation sites (tertiary alicyclic amines) is 1. The number of rotatable bonds is 3. The Morgan fingerprint density at radius 2 is 2.03 bits per heavy atom. The molecular weight excluding hydrogens is 388 g/mol. The van der Waals surface area contributed by atoms with E-state index in [-0.39, 0.29) is 22.9 Å². The molecule has 0 bridgehead atoms. The van der Waals surface area contributed by atoms with E-state index in [4.69, 9.17) is 11.6 Å². The van der Waals surface area contributed by atoms with Crippen molar-refractivity contribution in [3.8, 4) is 0 Å². The second kappa shape index (κ2) is 8.17. The topological polar surface area (TPSA) is 75.2 Å². The van der Waals surface area contributed by atoms with Crippen LogP contribution >= 0.6 is 11.6 Å². The molecule has 7 heteroatoms. The van der Waals surface area contributed by atoms with Crippen molar-refractivity contribution in [3.63, 3.8) is 0 Å². The van der Waals surface area contributed by atoms with E-state index in [0.717, 1.165) is 23.8 Å². The van der Waals surface area contributed by atoms with Crippen LogP contribution in [0.2, 0.25) is 5.15 Å². The SMILES string of the molecule is Cc1cccnc1NC(=O)C1CCCN(C(=O)c2cc(Cl)nc3ccccc23)C1. The molecule has 0 aliphatic carbocycles. The van der Waals surface area contributed by atoms with Crippen LogP contribution in [-0.4, -0.2) is 39.8 Å². The van der Waals surface area contributed by atoms with Gasteiger partial charge in [-0.3, -0.25) is 9.59 Å². The Kier molecular flexibility index (Phi) is 5.45. The van der Waals surface area contributed by atoms with Crippen molar-refractivity contribution >= 4 is 40.1 Å². The molecule has 1 N–H and O–H groups in total.